The van der Waals surface area contributed by atoms with Crippen LogP contribution in [0.5, 0.6) is 5.75 Å². The van der Waals surface area contributed by atoms with Crippen LogP contribution >= 0.6 is 0 Å². The fourth-order valence-corrected chi connectivity index (χ4v) is 4.04. The molecular weight excluding hydrogens is 424 g/mol. The number of aromatic nitrogens is 2. The number of hydrogen-bond acceptors (Lipinski definition) is 5. The Balaban J connectivity index is 1.46. The van der Waals surface area contributed by atoms with Crippen molar-refractivity contribution in [2.75, 3.05) is 13.1 Å². The molecule has 2 aromatic carbocycles. The summed E-state index contributed by atoms with van der Waals surface area (Å²) in [5.41, 5.74) is 2.19. The van der Waals surface area contributed by atoms with Gasteiger partial charge in [-0.25, -0.2) is 9.78 Å². The summed E-state index contributed by atoms with van der Waals surface area (Å²) < 4.78 is 7.39. The third-order valence-corrected chi connectivity index (χ3v) is 6.09. The average Bonchev–Trinajstić information content (AvgIpc) is 3.48. The number of nitrogens with one attached hydrogen (secondary N) is 1. The zero-order chi connectivity index (χ0) is 23.1. The molecule has 2 heterocycles. The van der Waals surface area contributed by atoms with Crippen molar-refractivity contribution in [1.29, 1.82) is 0 Å². The van der Waals surface area contributed by atoms with Gasteiger partial charge in [0.15, 0.2) is 0 Å². The number of benzene rings is 2. The Morgan fingerprint density at radius 3 is 2.70 bits per heavy atom. The van der Waals surface area contributed by atoms with Gasteiger partial charge in [0.1, 0.15) is 18.2 Å². The normalized spacial score (nSPS) is 17.8. The maximum atomic E-state index is 13.4. The second kappa shape index (κ2) is 8.23. The van der Waals surface area contributed by atoms with Gasteiger partial charge in [-0.05, 0) is 55.7 Å². The highest BCUT2D eigenvalue weighted by Crippen LogP contribution is 2.23. The Hall–Kier alpha value is -3.88. The lowest BCUT2D eigenvalue weighted by Crippen LogP contribution is -2.29. The summed E-state index contributed by atoms with van der Waals surface area (Å²) >= 11 is 0. The van der Waals surface area contributed by atoms with Crippen LogP contribution in [0.15, 0.2) is 47.5 Å². The van der Waals surface area contributed by atoms with Crippen molar-refractivity contribution in [1.82, 2.24) is 19.8 Å². The number of carbonyl (C=O) groups is 2. The molecule has 0 unspecified atom stereocenters. The Morgan fingerprint density at radius 2 is 1.97 bits per heavy atom. The summed E-state index contributed by atoms with van der Waals surface area (Å²) in [6, 6.07) is 10.6. The quantitative estimate of drug-likeness (QED) is 0.620. The van der Waals surface area contributed by atoms with Crippen molar-refractivity contribution in [3.8, 4) is 11.4 Å². The Bertz CT molecular complexity index is 1310. The van der Waals surface area contributed by atoms with Gasteiger partial charge in [-0.15, -0.1) is 0 Å². The van der Waals surface area contributed by atoms with Gasteiger partial charge in [-0.2, -0.15) is 0 Å². The summed E-state index contributed by atoms with van der Waals surface area (Å²) in [4.78, 5) is 42.7. The van der Waals surface area contributed by atoms with Crippen LogP contribution in [0.3, 0.4) is 0 Å². The van der Waals surface area contributed by atoms with Crippen molar-refractivity contribution >= 4 is 22.9 Å². The van der Waals surface area contributed by atoms with E-state index in [0.29, 0.717) is 47.4 Å². The Kier molecular flexibility index (Phi) is 5.24. The van der Waals surface area contributed by atoms with Crippen LogP contribution in [-0.2, 0) is 0 Å². The fraction of sp³-hybridized carbons (Fsp3) is 0.333. The molecule has 2 aliphatic rings. The molecule has 9 heteroatoms. The van der Waals surface area contributed by atoms with Gasteiger partial charge in [-0.1, -0.05) is 6.07 Å². The predicted molar refractivity (Wildman–Crippen MR) is 121 cm³/mol. The lowest BCUT2D eigenvalue weighted by Gasteiger charge is -2.15. The maximum absolute atomic E-state index is 13.4. The number of rotatable bonds is 5. The molecule has 1 saturated carbocycles. The van der Waals surface area contributed by atoms with Crippen molar-refractivity contribution < 1.29 is 19.4 Å². The van der Waals surface area contributed by atoms with E-state index in [2.05, 4.69) is 10.3 Å². The lowest BCUT2D eigenvalue weighted by molar-refractivity contribution is 0.0951. The summed E-state index contributed by atoms with van der Waals surface area (Å²) in [6.07, 6.45) is 2.83. The smallest absolute Gasteiger partial charge is 0.407 e. The molecule has 0 spiro atoms. The third kappa shape index (κ3) is 4.26. The van der Waals surface area contributed by atoms with Gasteiger partial charge < -0.3 is 20.1 Å². The number of aryl methyl sites for hydroxylation is 1. The van der Waals surface area contributed by atoms with Crippen molar-refractivity contribution in [2.45, 2.75) is 38.3 Å². The van der Waals surface area contributed by atoms with Gasteiger partial charge in [0.25, 0.3) is 11.5 Å². The molecule has 1 atom stereocenters. The topological polar surface area (TPSA) is 114 Å². The first-order chi connectivity index (χ1) is 15.9. The van der Waals surface area contributed by atoms with E-state index in [0.717, 1.165) is 18.4 Å². The van der Waals surface area contributed by atoms with Gasteiger partial charge in [-0.3, -0.25) is 14.2 Å². The number of ether oxygens (including phenoxy) is 1. The van der Waals surface area contributed by atoms with E-state index in [9.17, 15) is 14.4 Å². The number of carbonyl (C=O) groups excluding carboxylic acids is 1. The standard InChI is InChI=1S/C24H24N4O5/c1-14-2-3-15(22(29)26-16-4-5-16)10-21(14)28-13-25-20-7-6-17(11-19(20)23(28)30)33-18-8-9-27(12-18)24(31)32/h2-3,6-7,10-11,13,16,18H,4-5,8-9,12H2,1H3,(H,26,29)(H,31,32)/t18-/m1/s1. The molecule has 9 nitrogen and oxygen atoms in total. The van der Waals surface area contributed by atoms with E-state index >= 15 is 0 Å². The van der Waals surface area contributed by atoms with Crippen LogP contribution in [0.1, 0.15) is 35.2 Å². The Morgan fingerprint density at radius 1 is 1.15 bits per heavy atom. The molecule has 1 aliphatic heterocycles. The molecule has 2 amide bonds. The van der Waals surface area contributed by atoms with Gasteiger partial charge >= 0.3 is 6.09 Å². The molecule has 3 aromatic rings. The summed E-state index contributed by atoms with van der Waals surface area (Å²) in [5.74, 6) is 0.342. The van der Waals surface area contributed by atoms with Crippen molar-refractivity contribution in [3.05, 3.63) is 64.2 Å². The zero-order valence-electron chi connectivity index (χ0n) is 18.2. The number of amides is 2. The highest BCUT2D eigenvalue weighted by atomic mass is 16.5. The van der Waals surface area contributed by atoms with Gasteiger partial charge in [0.2, 0.25) is 0 Å². The van der Waals surface area contributed by atoms with Crippen LogP contribution in [0.2, 0.25) is 0 Å². The van der Waals surface area contributed by atoms with Crippen LogP contribution in [-0.4, -0.2) is 56.8 Å². The minimum atomic E-state index is -0.963. The number of carboxylic acid groups (broad SMARTS) is 1. The second-order valence-corrected chi connectivity index (χ2v) is 8.60. The van der Waals surface area contributed by atoms with Crippen LogP contribution in [0, 0.1) is 6.92 Å². The second-order valence-electron chi connectivity index (χ2n) is 8.60. The molecule has 170 valence electrons. The van der Waals surface area contributed by atoms with E-state index in [1.54, 1.807) is 30.3 Å². The molecule has 1 aliphatic carbocycles. The minimum absolute atomic E-state index is 0.150. The van der Waals surface area contributed by atoms with E-state index in [-0.39, 0.29) is 23.6 Å². The third-order valence-electron chi connectivity index (χ3n) is 6.09. The number of nitrogens with zero attached hydrogens (tertiary/aromatic N) is 3. The largest absolute Gasteiger partial charge is 0.488 e. The van der Waals surface area contributed by atoms with Crippen LogP contribution in [0.25, 0.3) is 16.6 Å². The molecule has 2 fully saturated rings. The number of fused-ring (bicyclic) bond motifs is 1. The summed E-state index contributed by atoms with van der Waals surface area (Å²) in [7, 11) is 0. The van der Waals surface area contributed by atoms with E-state index in [4.69, 9.17) is 9.84 Å². The predicted octanol–water partition coefficient (Wildman–Crippen LogP) is 2.72. The molecule has 2 N–H and O–H groups in total. The van der Waals surface area contributed by atoms with Crippen molar-refractivity contribution in [3.63, 3.8) is 0 Å². The lowest BCUT2D eigenvalue weighted by atomic mass is 10.1. The SMILES string of the molecule is Cc1ccc(C(=O)NC2CC2)cc1-n1cnc2ccc(O[C@@H]3CCN(C(=O)O)C3)cc2c1=O. The monoisotopic (exact) mass is 448 g/mol. The molecule has 0 radical (unpaired) electrons. The molecule has 0 bridgehead atoms. The van der Waals surface area contributed by atoms with Gasteiger partial charge in [0, 0.05) is 24.6 Å². The van der Waals surface area contributed by atoms with Crippen molar-refractivity contribution in [2.24, 2.45) is 0 Å². The first-order valence-corrected chi connectivity index (χ1v) is 11.0. The van der Waals surface area contributed by atoms with E-state index in [1.165, 1.54) is 15.8 Å². The average molecular weight is 448 g/mol. The molecule has 1 saturated heterocycles. The maximum Gasteiger partial charge on any atom is 0.407 e. The van der Waals surface area contributed by atoms with Crippen LogP contribution in [0.4, 0.5) is 4.79 Å². The fourth-order valence-electron chi connectivity index (χ4n) is 4.04. The van der Waals surface area contributed by atoms with Crippen LogP contribution < -0.4 is 15.6 Å². The highest BCUT2D eigenvalue weighted by Gasteiger charge is 2.27. The molecule has 33 heavy (non-hydrogen) atoms. The zero-order valence-corrected chi connectivity index (χ0v) is 18.2. The molecular formula is C24H24N4O5. The summed E-state index contributed by atoms with van der Waals surface area (Å²) in [5, 5.41) is 12.5. The summed E-state index contributed by atoms with van der Waals surface area (Å²) in [6.45, 7) is 2.59. The minimum Gasteiger partial charge on any atom is -0.488 e. The molecule has 5 rings (SSSR count). The first kappa shape index (κ1) is 21.0. The highest BCUT2D eigenvalue weighted by molar-refractivity contribution is 5.95. The molecule has 1 aromatic heterocycles. The number of hydrogen-bond donors (Lipinski definition) is 2. The number of likely N-dealkylation sites (tertiary alicyclic amines) is 1. The van der Waals surface area contributed by atoms with E-state index in [1.807, 2.05) is 13.0 Å². The first-order valence-electron chi connectivity index (χ1n) is 11.0. The van der Waals surface area contributed by atoms with E-state index < -0.39 is 6.09 Å². The van der Waals surface area contributed by atoms with Gasteiger partial charge in [0.05, 0.1) is 23.1 Å². The Labute approximate surface area is 189 Å².